The van der Waals surface area contributed by atoms with Crippen LogP contribution in [0.5, 0.6) is 0 Å². The fourth-order valence-corrected chi connectivity index (χ4v) is 1.10. The molecule has 0 unspecified atom stereocenters. The first-order chi connectivity index (χ1) is 7.38. The summed E-state index contributed by atoms with van der Waals surface area (Å²) in [5, 5.41) is 17.3. The number of rotatable bonds is 6. The second kappa shape index (κ2) is 6.60. The van der Waals surface area contributed by atoms with E-state index in [1.165, 1.54) is 6.92 Å². The molecule has 0 aromatic rings. The molecule has 0 bridgehead atoms. The lowest BCUT2D eigenvalue weighted by Gasteiger charge is -2.06. The Hall–Kier alpha value is -1.85. The van der Waals surface area contributed by atoms with Gasteiger partial charge < -0.3 is 14.9 Å². The molecule has 0 amide bonds. The van der Waals surface area contributed by atoms with E-state index in [-0.39, 0.29) is 24.2 Å². The fraction of sp³-hybridized carbons (Fsp3) is 0.500. The molecule has 0 saturated carbocycles. The van der Waals surface area contributed by atoms with Gasteiger partial charge in [0, 0.05) is 5.57 Å². The molecular weight excluding hydrogens is 216 g/mol. The predicted molar refractivity (Wildman–Crippen MR) is 53.8 cm³/mol. The fourth-order valence-electron chi connectivity index (χ4n) is 1.10. The van der Waals surface area contributed by atoms with Gasteiger partial charge in [-0.05, 0) is 13.8 Å². The maximum Gasteiger partial charge on any atom is 0.332 e. The summed E-state index contributed by atoms with van der Waals surface area (Å²) in [7, 11) is 0. The Kier molecular flexibility index (Phi) is 5.84. The molecule has 2 N–H and O–H groups in total. The molecule has 0 fully saturated rings. The molecule has 0 saturated heterocycles. The third-order valence-corrected chi connectivity index (χ3v) is 1.82. The van der Waals surface area contributed by atoms with Crippen LogP contribution in [0.1, 0.15) is 26.7 Å². The molecule has 16 heavy (non-hydrogen) atoms. The van der Waals surface area contributed by atoms with Crippen molar-refractivity contribution in [2.75, 3.05) is 6.61 Å². The van der Waals surface area contributed by atoms with Gasteiger partial charge in [-0.2, -0.15) is 0 Å². The highest BCUT2D eigenvalue weighted by Gasteiger charge is 2.17. The molecule has 6 heteroatoms. The number of aliphatic carboxylic acids is 2. The van der Waals surface area contributed by atoms with E-state index in [0.717, 1.165) is 0 Å². The molecule has 0 aliphatic heterocycles. The summed E-state index contributed by atoms with van der Waals surface area (Å²) in [6.07, 6.45) is -0.816. The SMILES string of the molecule is CCOC(=O)CC(C)=C(CC(=O)O)C(=O)O. The normalized spacial score (nSPS) is 11.6. The standard InChI is InChI=1S/C10H14O6/c1-3-16-9(13)4-6(2)7(10(14)15)5-8(11)12/h3-5H2,1-2H3,(H,11,12)(H,14,15). The lowest BCUT2D eigenvalue weighted by atomic mass is 10.0. The van der Waals surface area contributed by atoms with Gasteiger partial charge in [-0.25, -0.2) is 4.79 Å². The van der Waals surface area contributed by atoms with Gasteiger partial charge in [-0.3, -0.25) is 9.59 Å². The van der Waals surface area contributed by atoms with Crippen molar-refractivity contribution in [3.8, 4) is 0 Å². The Bertz CT molecular complexity index is 328. The van der Waals surface area contributed by atoms with Crippen LogP contribution < -0.4 is 0 Å². The maximum absolute atomic E-state index is 11.1. The molecular formula is C10H14O6. The van der Waals surface area contributed by atoms with Crippen LogP contribution >= 0.6 is 0 Å². The summed E-state index contributed by atoms with van der Waals surface area (Å²) in [6, 6.07) is 0. The number of hydrogen-bond acceptors (Lipinski definition) is 4. The molecule has 0 aromatic heterocycles. The van der Waals surface area contributed by atoms with Crippen LogP contribution in [0.3, 0.4) is 0 Å². The molecule has 0 atom stereocenters. The van der Waals surface area contributed by atoms with E-state index in [1.54, 1.807) is 6.92 Å². The van der Waals surface area contributed by atoms with E-state index < -0.39 is 24.3 Å². The molecule has 0 aromatic carbocycles. The summed E-state index contributed by atoms with van der Waals surface area (Å²) in [4.78, 5) is 32.2. The highest BCUT2D eigenvalue weighted by atomic mass is 16.5. The zero-order chi connectivity index (χ0) is 12.7. The molecule has 0 spiro atoms. The molecule has 0 heterocycles. The van der Waals surface area contributed by atoms with E-state index in [9.17, 15) is 14.4 Å². The highest BCUT2D eigenvalue weighted by molar-refractivity contribution is 5.93. The van der Waals surface area contributed by atoms with Gasteiger partial charge >= 0.3 is 17.9 Å². The minimum atomic E-state index is -1.33. The van der Waals surface area contributed by atoms with E-state index in [0.29, 0.717) is 0 Å². The summed E-state index contributed by atoms with van der Waals surface area (Å²) in [6.45, 7) is 3.24. The number of carboxylic acid groups (broad SMARTS) is 2. The highest BCUT2D eigenvalue weighted by Crippen LogP contribution is 2.13. The Morgan fingerprint density at radius 1 is 1.12 bits per heavy atom. The van der Waals surface area contributed by atoms with E-state index >= 15 is 0 Å². The van der Waals surface area contributed by atoms with E-state index in [1.807, 2.05) is 0 Å². The van der Waals surface area contributed by atoms with Crippen LogP contribution in [0.25, 0.3) is 0 Å². The quantitative estimate of drug-likeness (QED) is 0.517. The van der Waals surface area contributed by atoms with Gasteiger partial charge in [0.2, 0.25) is 0 Å². The summed E-state index contributed by atoms with van der Waals surface area (Å²) in [5.41, 5.74) is -0.0751. The van der Waals surface area contributed by atoms with Crippen molar-refractivity contribution in [1.82, 2.24) is 0 Å². The molecule has 0 radical (unpaired) electrons. The molecule has 0 aliphatic rings. The zero-order valence-electron chi connectivity index (χ0n) is 9.15. The first-order valence-corrected chi connectivity index (χ1v) is 4.67. The van der Waals surface area contributed by atoms with Crippen LogP contribution in [0.4, 0.5) is 0 Å². The van der Waals surface area contributed by atoms with Gasteiger partial charge in [0.25, 0.3) is 0 Å². The van der Waals surface area contributed by atoms with Crippen LogP contribution in [0.2, 0.25) is 0 Å². The average molecular weight is 230 g/mol. The molecule has 90 valence electrons. The second-order valence-electron chi connectivity index (χ2n) is 3.12. The van der Waals surface area contributed by atoms with Crippen molar-refractivity contribution in [1.29, 1.82) is 0 Å². The van der Waals surface area contributed by atoms with Crippen molar-refractivity contribution in [3.63, 3.8) is 0 Å². The van der Waals surface area contributed by atoms with Gasteiger partial charge in [-0.1, -0.05) is 5.57 Å². The maximum atomic E-state index is 11.1. The van der Waals surface area contributed by atoms with Crippen LogP contribution in [-0.2, 0) is 19.1 Å². The van der Waals surface area contributed by atoms with Crippen LogP contribution in [0.15, 0.2) is 11.1 Å². The first-order valence-electron chi connectivity index (χ1n) is 4.67. The largest absolute Gasteiger partial charge is 0.481 e. The number of esters is 1. The number of carbonyl (C=O) groups is 3. The van der Waals surface area contributed by atoms with Gasteiger partial charge in [0.1, 0.15) is 0 Å². The zero-order valence-corrected chi connectivity index (χ0v) is 9.15. The summed E-state index contributed by atoms with van der Waals surface area (Å²) < 4.78 is 4.63. The Balaban J connectivity index is 4.76. The summed E-state index contributed by atoms with van der Waals surface area (Å²) in [5.74, 6) is -3.14. The number of hydrogen-bond donors (Lipinski definition) is 2. The Morgan fingerprint density at radius 3 is 2.06 bits per heavy atom. The van der Waals surface area contributed by atoms with E-state index in [2.05, 4.69) is 4.74 Å². The Labute approximate surface area is 92.5 Å². The van der Waals surface area contributed by atoms with Crippen molar-refractivity contribution < 1.29 is 29.3 Å². The van der Waals surface area contributed by atoms with E-state index in [4.69, 9.17) is 10.2 Å². The average Bonchev–Trinajstić information content (AvgIpc) is 2.13. The van der Waals surface area contributed by atoms with Gasteiger partial charge in [0.15, 0.2) is 0 Å². The van der Waals surface area contributed by atoms with Crippen LogP contribution in [-0.4, -0.2) is 34.7 Å². The second-order valence-corrected chi connectivity index (χ2v) is 3.12. The number of carbonyl (C=O) groups excluding carboxylic acids is 1. The van der Waals surface area contributed by atoms with Crippen LogP contribution in [0, 0.1) is 0 Å². The number of carboxylic acids is 2. The minimum absolute atomic E-state index is 0.202. The van der Waals surface area contributed by atoms with Gasteiger partial charge in [0.05, 0.1) is 19.4 Å². The third kappa shape index (κ3) is 5.14. The predicted octanol–water partition coefficient (Wildman–Crippen LogP) is 0.815. The van der Waals surface area contributed by atoms with Gasteiger partial charge in [-0.15, -0.1) is 0 Å². The van der Waals surface area contributed by atoms with Crippen molar-refractivity contribution in [3.05, 3.63) is 11.1 Å². The van der Waals surface area contributed by atoms with Crippen molar-refractivity contribution >= 4 is 17.9 Å². The smallest absolute Gasteiger partial charge is 0.332 e. The minimum Gasteiger partial charge on any atom is -0.481 e. The Morgan fingerprint density at radius 2 is 1.69 bits per heavy atom. The number of ether oxygens (including phenoxy) is 1. The van der Waals surface area contributed by atoms with Crippen molar-refractivity contribution in [2.24, 2.45) is 0 Å². The molecule has 0 aliphatic carbocycles. The lowest BCUT2D eigenvalue weighted by molar-refractivity contribution is -0.142. The topological polar surface area (TPSA) is 101 Å². The molecule has 0 rings (SSSR count). The monoisotopic (exact) mass is 230 g/mol. The first kappa shape index (κ1) is 14.2. The molecule has 6 nitrogen and oxygen atoms in total. The lowest BCUT2D eigenvalue weighted by Crippen LogP contribution is -2.12. The summed E-state index contributed by atoms with van der Waals surface area (Å²) >= 11 is 0. The van der Waals surface area contributed by atoms with Crippen molar-refractivity contribution in [2.45, 2.75) is 26.7 Å². The third-order valence-electron chi connectivity index (χ3n) is 1.82.